The summed E-state index contributed by atoms with van der Waals surface area (Å²) in [6.45, 7) is 4.45. The van der Waals surface area contributed by atoms with Crippen LogP contribution in [0.15, 0.2) is 60.9 Å². The minimum absolute atomic E-state index is 0.0341. The van der Waals surface area contributed by atoms with Gasteiger partial charge in [0.15, 0.2) is 0 Å². The number of piperidine rings is 1. The van der Waals surface area contributed by atoms with Crippen molar-refractivity contribution in [2.45, 2.75) is 56.1 Å². The van der Waals surface area contributed by atoms with Crippen LogP contribution in [0.25, 0.3) is 0 Å². The van der Waals surface area contributed by atoms with E-state index in [1.165, 1.54) is 12.1 Å². The lowest BCUT2D eigenvalue weighted by molar-refractivity contribution is -0.135. The molecule has 3 saturated heterocycles. The number of carbonyl (C=O) groups is 2. The Labute approximate surface area is 234 Å². The van der Waals surface area contributed by atoms with E-state index < -0.39 is 6.04 Å². The quantitative estimate of drug-likeness (QED) is 0.340. The predicted octanol–water partition coefficient (Wildman–Crippen LogP) is 2.46. The van der Waals surface area contributed by atoms with Crippen molar-refractivity contribution in [3.8, 4) is 0 Å². The van der Waals surface area contributed by atoms with Crippen LogP contribution in [0.5, 0.6) is 0 Å². The van der Waals surface area contributed by atoms with Crippen LogP contribution in [0.4, 0.5) is 10.1 Å². The molecule has 4 heterocycles. The largest absolute Gasteiger partial charge is 0.340 e. The van der Waals surface area contributed by atoms with Gasteiger partial charge in [-0.1, -0.05) is 12.1 Å². The molecule has 212 valence electrons. The van der Waals surface area contributed by atoms with Gasteiger partial charge in [-0.2, -0.15) is 0 Å². The molecule has 4 fully saturated rings. The Morgan fingerprint density at radius 2 is 1.77 bits per heavy atom. The van der Waals surface area contributed by atoms with E-state index in [1.807, 2.05) is 40.4 Å². The summed E-state index contributed by atoms with van der Waals surface area (Å²) >= 11 is 0. The van der Waals surface area contributed by atoms with Crippen molar-refractivity contribution in [2.75, 3.05) is 37.7 Å². The smallest absolute Gasteiger partial charge is 0.251 e. The number of rotatable bonds is 10. The number of nitrogens with zero attached hydrogens (tertiary/aromatic N) is 3. The van der Waals surface area contributed by atoms with Crippen LogP contribution < -0.4 is 26.6 Å². The van der Waals surface area contributed by atoms with Crippen LogP contribution in [-0.4, -0.2) is 72.5 Å². The number of nitrogens with one attached hydrogen (secondary N) is 4. The normalized spacial score (nSPS) is 25.8. The maximum atomic E-state index is 13.9. The number of amides is 2. The van der Waals surface area contributed by atoms with E-state index in [-0.39, 0.29) is 23.7 Å². The average molecular weight is 548 g/mol. The van der Waals surface area contributed by atoms with Gasteiger partial charge in [0.2, 0.25) is 5.91 Å². The minimum Gasteiger partial charge on any atom is -0.340 e. The van der Waals surface area contributed by atoms with Crippen LogP contribution in [-0.2, 0) is 4.79 Å². The molecule has 1 aliphatic carbocycles. The third kappa shape index (κ3) is 6.14. The van der Waals surface area contributed by atoms with Crippen LogP contribution in [0, 0.1) is 5.82 Å². The van der Waals surface area contributed by atoms with E-state index in [2.05, 4.69) is 26.5 Å². The van der Waals surface area contributed by atoms with Gasteiger partial charge in [-0.05, 0) is 80.6 Å². The number of hydrazine groups is 2. The van der Waals surface area contributed by atoms with Gasteiger partial charge in [-0.3, -0.25) is 14.6 Å². The molecule has 4 N–H and O–H groups in total. The van der Waals surface area contributed by atoms with Gasteiger partial charge in [-0.15, -0.1) is 5.53 Å². The summed E-state index contributed by atoms with van der Waals surface area (Å²) in [5, 5.41) is 8.48. The van der Waals surface area contributed by atoms with Gasteiger partial charge in [0.05, 0.1) is 5.69 Å². The topological polar surface area (TPSA) is 92.0 Å². The summed E-state index contributed by atoms with van der Waals surface area (Å²) in [5.41, 5.74) is 8.45. The number of halogens is 1. The third-order valence-corrected chi connectivity index (χ3v) is 8.61. The molecule has 3 atom stereocenters. The summed E-state index contributed by atoms with van der Waals surface area (Å²) in [4.78, 5) is 31.6. The molecule has 0 radical (unpaired) electrons. The lowest BCUT2D eigenvalue weighted by Crippen LogP contribution is -2.52. The Morgan fingerprint density at radius 1 is 1.00 bits per heavy atom. The first kappa shape index (κ1) is 26.7. The van der Waals surface area contributed by atoms with E-state index >= 15 is 0 Å². The maximum Gasteiger partial charge on any atom is 0.251 e. The van der Waals surface area contributed by atoms with Gasteiger partial charge >= 0.3 is 0 Å². The molecule has 4 aliphatic heterocycles. The van der Waals surface area contributed by atoms with E-state index in [4.69, 9.17) is 0 Å². The van der Waals surface area contributed by atoms with E-state index in [1.54, 1.807) is 18.3 Å². The lowest BCUT2D eigenvalue weighted by atomic mass is 10.0. The van der Waals surface area contributed by atoms with Crippen molar-refractivity contribution in [3.63, 3.8) is 0 Å². The van der Waals surface area contributed by atoms with Crippen LogP contribution in [0.1, 0.15) is 53.9 Å². The molecule has 9 nitrogen and oxygen atoms in total. The maximum absolute atomic E-state index is 13.9. The monoisotopic (exact) mass is 547 g/mol. The Balaban J connectivity index is 1.07. The fraction of sp³-hybridized carbons (Fsp3) is 0.467. The predicted molar refractivity (Wildman–Crippen MR) is 152 cm³/mol. The first-order valence-electron chi connectivity index (χ1n) is 14.4. The SMILES string of the molecule is O=C(N[C@@H](CCCN[C@@H]1C[C@H]1c1ccc(F)cc1)C(=O)N1CCN2CCC1CC2)c1ccc(N2C=CNN2)cc1. The van der Waals surface area contributed by atoms with Gasteiger partial charge in [0, 0.05) is 62.1 Å². The molecule has 2 aromatic carbocycles. The highest BCUT2D eigenvalue weighted by molar-refractivity contribution is 5.97. The number of fused-ring (bicyclic) bond motifs is 4. The zero-order valence-electron chi connectivity index (χ0n) is 22.7. The highest BCUT2D eigenvalue weighted by atomic mass is 19.1. The van der Waals surface area contributed by atoms with Gasteiger partial charge in [-0.25, -0.2) is 4.39 Å². The Kier molecular flexibility index (Phi) is 7.99. The second-order valence-electron chi connectivity index (χ2n) is 11.2. The molecule has 7 rings (SSSR count). The molecule has 10 heteroatoms. The Hall–Kier alpha value is -3.47. The number of hydrogen-bond acceptors (Lipinski definition) is 7. The highest BCUT2D eigenvalue weighted by Gasteiger charge is 2.38. The molecule has 0 aromatic heterocycles. The van der Waals surface area contributed by atoms with Crippen molar-refractivity contribution in [2.24, 2.45) is 0 Å². The van der Waals surface area contributed by atoms with Gasteiger partial charge in [0.25, 0.3) is 5.91 Å². The third-order valence-electron chi connectivity index (χ3n) is 8.61. The molecule has 2 amide bonds. The second kappa shape index (κ2) is 12.0. The molecular weight excluding hydrogens is 509 g/mol. The lowest BCUT2D eigenvalue weighted by Gasteiger charge is -2.34. The Bertz CT molecular complexity index is 1210. The summed E-state index contributed by atoms with van der Waals surface area (Å²) in [6.07, 6.45) is 8.01. The first-order chi connectivity index (χ1) is 19.5. The average Bonchev–Trinajstić information content (AvgIpc) is 3.66. The summed E-state index contributed by atoms with van der Waals surface area (Å²) in [7, 11) is 0. The number of anilines is 1. The van der Waals surface area contributed by atoms with Crippen LogP contribution in [0.3, 0.4) is 0 Å². The van der Waals surface area contributed by atoms with Crippen LogP contribution >= 0.6 is 0 Å². The molecule has 2 bridgehead atoms. The number of hydrogen-bond donors (Lipinski definition) is 4. The van der Waals surface area contributed by atoms with E-state index in [0.717, 1.165) is 63.1 Å². The fourth-order valence-corrected chi connectivity index (χ4v) is 6.15. The molecular formula is C30H38FN7O2. The van der Waals surface area contributed by atoms with Crippen molar-refractivity contribution in [3.05, 3.63) is 77.9 Å². The zero-order valence-corrected chi connectivity index (χ0v) is 22.7. The van der Waals surface area contributed by atoms with Gasteiger partial charge < -0.3 is 25.9 Å². The van der Waals surface area contributed by atoms with E-state index in [0.29, 0.717) is 30.5 Å². The molecule has 1 saturated carbocycles. The standard InChI is InChI=1S/C30H38FN7O2/c31-23-7-3-21(4-8-23)26-20-28(26)32-13-1-2-27(30(40)37-19-18-36-15-11-24(37)12-16-36)34-29(39)22-5-9-25(10-6-22)38-17-14-33-35-38/h3-10,14,17,24,26-28,32-33,35H,1-2,11-13,15-16,18-20H2,(H,34,39)/t26-,27-,28+/m0/s1. The van der Waals surface area contributed by atoms with Crippen molar-refractivity contribution in [1.82, 2.24) is 31.4 Å². The van der Waals surface area contributed by atoms with Crippen molar-refractivity contribution >= 4 is 17.5 Å². The van der Waals surface area contributed by atoms with Crippen molar-refractivity contribution < 1.29 is 14.0 Å². The summed E-state index contributed by atoms with van der Waals surface area (Å²) in [5.74, 6) is -0.00492. The number of carbonyl (C=O) groups excluding carboxylic acids is 2. The zero-order chi connectivity index (χ0) is 27.5. The first-order valence-corrected chi connectivity index (χ1v) is 14.4. The fourth-order valence-electron chi connectivity index (χ4n) is 6.15. The molecule has 2 aromatic rings. The minimum atomic E-state index is -0.569. The molecule has 40 heavy (non-hydrogen) atoms. The van der Waals surface area contributed by atoms with E-state index in [9.17, 15) is 14.0 Å². The molecule has 0 spiro atoms. The Morgan fingerprint density at radius 3 is 2.50 bits per heavy atom. The molecule has 0 unspecified atom stereocenters. The van der Waals surface area contributed by atoms with Gasteiger partial charge in [0.1, 0.15) is 11.9 Å². The second-order valence-corrected chi connectivity index (χ2v) is 11.2. The van der Waals surface area contributed by atoms with Crippen LogP contribution in [0.2, 0.25) is 0 Å². The molecule has 5 aliphatic rings. The van der Waals surface area contributed by atoms with Crippen molar-refractivity contribution in [1.29, 1.82) is 0 Å². The highest BCUT2D eigenvalue weighted by Crippen LogP contribution is 2.40. The number of benzene rings is 2. The summed E-state index contributed by atoms with van der Waals surface area (Å²) < 4.78 is 13.3. The summed E-state index contributed by atoms with van der Waals surface area (Å²) in [6, 6.07) is 14.1.